The van der Waals surface area contributed by atoms with Crippen LogP contribution in [0.15, 0.2) is 24.3 Å². The number of morpholine rings is 1. The number of carbonyl (C=O) groups is 1. The van der Waals surface area contributed by atoms with Crippen LogP contribution in [0.4, 0.5) is 5.82 Å². The van der Waals surface area contributed by atoms with E-state index in [0.29, 0.717) is 44.7 Å². The summed E-state index contributed by atoms with van der Waals surface area (Å²) in [5.41, 5.74) is 2.71. The number of rotatable bonds is 7. The Balaban J connectivity index is 1.27. The molecule has 3 fully saturated rings. The maximum atomic E-state index is 11.7. The first kappa shape index (κ1) is 26.3. The van der Waals surface area contributed by atoms with Crippen molar-refractivity contribution in [3.8, 4) is 5.95 Å². The van der Waals surface area contributed by atoms with Crippen LogP contribution >= 0.6 is 0 Å². The van der Waals surface area contributed by atoms with Gasteiger partial charge in [-0.25, -0.2) is 9.97 Å². The van der Waals surface area contributed by atoms with E-state index in [4.69, 9.17) is 24.7 Å². The summed E-state index contributed by atoms with van der Waals surface area (Å²) in [5, 5.41) is 9.65. The molecule has 216 valence electrons. The van der Waals surface area contributed by atoms with E-state index >= 15 is 0 Å². The van der Waals surface area contributed by atoms with Gasteiger partial charge in [-0.1, -0.05) is 12.1 Å². The number of ether oxygens (including phenoxy) is 1. The van der Waals surface area contributed by atoms with E-state index in [0.717, 1.165) is 78.7 Å². The zero-order valence-corrected chi connectivity index (χ0v) is 24.0. The summed E-state index contributed by atoms with van der Waals surface area (Å²) in [6, 6.07) is 8.21. The van der Waals surface area contributed by atoms with E-state index in [1.165, 1.54) is 0 Å². The zero-order valence-electron chi connectivity index (χ0n) is 24.0. The third-order valence-electron chi connectivity index (χ3n) is 8.87. The first-order chi connectivity index (χ1) is 19.8. The number of imidazole rings is 2. The average molecular weight is 560 g/mol. The van der Waals surface area contributed by atoms with E-state index in [1.807, 2.05) is 24.1 Å². The topological polar surface area (TPSA) is 118 Å². The Labute approximate surface area is 238 Å². The van der Waals surface area contributed by atoms with Gasteiger partial charge in [-0.15, -0.1) is 0 Å². The molecule has 1 aromatic carbocycles. The number of anilines is 1. The molecule has 41 heavy (non-hydrogen) atoms. The molecule has 0 unspecified atom stereocenters. The molecule has 0 bridgehead atoms. The maximum Gasteiger partial charge on any atom is 0.323 e. The van der Waals surface area contributed by atoms with Crippen LogP contribution in [-0.4, -0.2) is 108 Å². The van der Waals surface area contributed by atoms with Crippen LogP contribution in [0.1, 0.15) is 44.3 Å². The normalized spacial score (nSPS) is 19.4. The van der Waals surface area contributed by atoms with Crippen molar-refractivity contribution in [1.82, 2.24) is 38.9 Å². The molecule has 12 heteroatoms. The molecule has 4 aromatic rings. The van der Waals surface area contributed by atoms with E-state index in [9.17, 15) is 9.90 Å². The molecule has 3 aliphatic rings. The number of carboxylic acid groups (broad SMARTS) is 1. The molecular weight excluding hydrogens is 522 g/mol. The highest BCUT2D eigenvalue weighted by molar-refractivity contribution is 5.86. The minimum absolute atomic E-state index is 0.431. The summed E-state index contributed by atoms with van der Waals surface area (Å²) in [6.45, 7) is 9.96. The highest BCUT2D eigenvalue weighted by Crippen LogP contribution is 2.42. The second-order valence-corrected chi connectivity index (χ2v) is 11.9. The van der Waals surface area contributed by atoms with Crippen LogP contribution in [0.5, 0.6) is 0 Å². The van der Waals surface area contributed by atoms with Gasteiger partial charge in [0.1, 0.15) is 17.2 Å². The van der Waals surface area contributed by atoms with Gasteiger partial charge in [-0.05, 0) is 38.8 Å². The van der Waals surface area contributed by atoms with Crippen LogP contribution in [-0.2, 0) is 23.1 Å². The number of hydrogen-bond donors (Lipinski definition) is 1. The minimum Gasteiger partial charge on any atom is -0.480 e. The van der Waals surface area contributed by atoms with Crippen molar-refractivity contribution < 1.29 is 14.6 Å². The molecule has 2 saturated heterocycles. The van der Waals surface area contributed by atoms with E-state index in [-0.39, 0.29) is 0 Å². The van der Waals surface area contributed by atoms with Gasteiger partial charge >= 0.3 is 5.97 Å². The zero-order chi connectivity index (χ0) is 28.3. The van der Waals surface area contributed by atoms with Crippen molar-refractivity contribution in [1.29, 1.82) is 0 Å². The number of aryl methyl sites for hydroxylation is 1. The van der Waals surface area contributed by atoms with E-state index in [2.05, 4.69) is 31.1 Å². The van der Waals surface area contributed by atoms with E-state index in [1.54, 1.807) is 13.8 Å². The molecular formula is C29H37N9O3. The fourth-order valence-corrected chi connectivity index (χ4v) is 5.99. The van der Waals surface area contributed by atoms with Crippen molar-refractivity contribution in [3.05, 3.63) is 35.9 Å². The largest absolute Gasteiger partial charge is 0.480 e. The monoisotopic (exact) mass is 559 g/mol. The minimum atomic E-state index is -0.875. The van der Waals surface area contributed by atoms with Crippen LogP contribution < -0.4 is 4.90 Å². The number of hydrogen-bond acceptors (Lipinski definition) is 9. The Morgan fingerprint density at radius 2 is 1.73 bits per heavy atom. The van der Waals surface area contributed by atoms with Gasteiger partial charge in [0.25, 0.3) is 0 Å². The van der Waals surface area contributed by atoms with Crippen LogP contribution in [0.3, 0.4) is 0 Å². The van der Waals surface area contributed by atoms with Crippen LogP contribution in [0, 0.1) is 0 Å². The second kappa shape index (κ2) is 10.0. The first-order valence-electron chi connectivity index (χ1n) is 14.6. The van der Waals surface area contributed by atoms with Crippen molar-refractivity contribution in [3.63, 3.8) is 0 Å². The molecule has 0 spiro atoms. The second-order valence-electron chi connectivity index (χ2n) is 11.9. The number of benzene rings is 1. The Morgan fingerprint density at radius 1 is 1.00 bits per heavy atom. The van der Waals surface area contributed by atoms with Crippen molar-refractivity contribution in [2.24, 2.45) is 7.05 Å². The van der Waals surface area contributed by atoms with Crippen molar-refractivity contribution in [2.45, 2.75) is 44.7 Å². The summed E-state index contributed by atoms with van der Waals surface area (Å²) in [5.74, 6) is 3.06. The van der Waals surface area contributed by atoms with Gasteiger partial charge in [-0.2, -0.15) is 9.97 Å². The van der Waals surface area contributed by atoms with Crippen molar-refractivity contribution >= 4 is 34.0 Å². The molecule has 7 rings (SSSR count). The van der Waals surface area contributed by atoms with Gasteiger partial charge in [0.15, 0.2) is 17.0 Å². The van der Waals surface area contributed by atoms with Gasteiger partial charge in [-0.3, -0.25) is 19.2 Å². The number of aromatic nitrogens is 6. The maximum absolute atomic E-state index is 11.7. The van der Waals surface area contributed by atoms with E-state index < -0.39 is 11.5 Å². The van der Waals surface area contributed by atoms with Crippen LogP contribution in [0.2, 0.25) is 0 Å². The van der Waals surface area contributed by atoms with Crippen LogP contribution in [0.25, 0.3) is 28.1 Å². The Morgan fingerprint density at radius 3 is 2.44 bits per heavy atom. The molecule has 0 radical (unpaired) electrons. The number of nitrogens with zero attached hydrogens (tertiary/aromatic N) is 9. The Kier molecular flexibility index (Phi) is 6.44. The summed E-state index contributed by atoms with van der Waals surface area (Å²) in [4.78, 5) is 38.8. The third kappa shape index (κ3) is 4.63. The average Bonchev–Trinajstić information content (AvgIpc) is 3.69. The van der Waals surface area contributed by atoms with Gasteiger partial charge in [0.2, 0.25) is 5.95 Å². The standard InChI is InChI=1S/C29H37N9O3/c1-29(2,27(39)40)37-12-10-35(11-13-37)18-22-31-23-25(34(22)3)32-28(33-26(23)36-14-16-41-17-15-36)38-21-7-5-4-6-20(21)30-24(38)19-8-9-19/h4-7,19H,8-18H2,1-3H3,(H,39,40). The molecule has 2 aliphatic heterocycles. The predicted octanol–water partition coefficient (Wildman–Crippen LogP) is 2.40. The highest BCUT2D eigenvalue weighted by Gasteiger charge is 2.37. The summed E-state index contributed by atoms with van der Waals surface area (Å²) >= 11 is 0. The lowest BCUT2D eigenvalue weighted by molar-refractivity contribution is -0.150. The number of fused-ring (bicyclic) bond motifs is 2. The summed E-state index contributed by atoms with van der Waals surface area (Å²) < 4.78 is 9.89. The molecule has 1 saturated carbocycles. The molecule has 3 aromatic heterocycles. The summed E-state index contributed by atoms with van der Waals surface area (Å²) in [6.07, 6.45) is 2.27. The summed E-state index contributed by atoms with van der Waals surface area (Å²) in [7, 11) is 2.03. The molecule has 0 amide bonds. The third-order valence-corrected chi connectivity index (χ3v) is 8.87. The highest BCUT2D eigenvalue weighted by atomic mass is 16.5. The number of para-hydroxylation sites is 2. The predicted molar refractivity (Wildman–Crippen MR) is 155 cm³/mol. The molecule has 1 aliphatic carbocycles. The van der Waals surface area contributed by atoms with Gasteiger partial charge < -0.3 is 19.3 Å². The fourth-order valence-electron chi connectivity index (χ4n) is 5.99. The smallest absolute Gasteiger partial charge is 0.323 e. The first-order valence-corrected chi connectivity index (χ1v) is 14.6. The number of carboxylic acids is 1. The lowest BCUT2D eigenvalue weighted by Gasteiger charge is -2.41. The lowest BCUT2D eigenvalue weighted by atomic mass is 10.0. The van der Waals surface area contributed by atoms with Gasteiger partial charge in [0.05, 0.1) is 30.8 Å². The fraction of sp³-hybridized carbons (Fsp3) is 0.552. The molecule has 12 nitrogen and oxygen atoms in total. The molecule has 0 atom stereocenters. The quantitative estimate of drug-likeness (QED) is 0.362. The Bertz CT molecular complexity index is 1610. The molecule has 5 heterocycles. The SMILES string of the molecule is Cn1c(CN2CCN(C(C)(C)C(=O)O)CC2)nc2c(N3CCOCC3)nc(-n3c(C4CC4)nc4ccccc43)nc21. The lowest BCUT2D eigenvalue weighted by Crippen LogP contribution is -2.57. The van der Waals surface area contributed by atoms with Crippen molar-refractivity contribution in [2.75, 3.05) is 57.4 Å². The Hall–Kier alpha value is -3.61. The number of aliphatic carboxylic acids is 1. The van der Waals surface area contributed by atoms with Gasteiger partial charge in [0, 0.05) is 52.2 Å². The number of piperazine rings is 1. The molecule has 1 N–H and O–H groups in total.